The quantitative estimate of drug-likeness (QED) is 0.322. The Hall–Kier alpha value is -3.25. The molecule has 0 bridgehead atoms. The third-order valence-electron chi connectivity index (χ3n) is 5.14. The number of fused-ring (bicyclic) bond motifs is 1. The van der Waals surface area contributed by atoms with Gasteiger partial charge in [-0.3, -0.25) is 10.3 Å². The number of hydrogen-bond acceptors (Lipinski definition) is 4. The lowest BCUT2D eigenvalue weighted by atomic mass is 10.1. The SMILES string of the molecule is CCC(Oc1ccc(CCC=CNOCCn2ccc3ccccc32)cc1C)C(=O)O. The van der Waals surface area contributed by atoms with Crippen LogP contribution in [0.3, 0.4) is 0 Å². The lowest BCUT2D eigenvalue weighted by Crippen LogP contribution is -2.26. The molecule has 0 amide bonds. The van der Waals surface area contributed by atoms with Crippen LogP contribution in [-0.2, 0) is 22.6 Å². The van der Waals surface area contributed by atoms with Gasteiger partial charge in [-0.1, -0.05) is 43.3 Å². The van der Waals surface area contributed by atoms with Gasteiger partial charge < -0.3 is 14.4 Å². The van der Waals surface area contributed by atoms with Gasteiger partial charge in [-0.05, 0) is 60.9 Å². The first-order valence-electron chi connectivity index (χ1n) is 10.6. The topological polar surface area (TPSA) is 72.7 Å². The number of aryl methyl sites for hydroxylation is 2. The lowest BCUT2D eigenvalue weighted by molar-refractivity contribution is -0.145. The Kier molecular flexibility index (Phi) is 8.12. The molecule has 3 rings (SSSR count). The number of aromatic nitrogens is 1. The fourth-order valence-corrected chi connectivity index (χ4v) is 3.43. The molecule has 3 aromatic rings. The number of carboxylic acid groups (broad SMARTS) is 1. The first kappa shape index (κ1) is 22.4. The van der Waals surface area contributed by atoms with Gasteiger partial charge in [-0.25, -0.2) is 4.79 Å². The number of rotatable bonds is 12. The molecule has 0 fully saturated rings. The molecule has 1 atom stereocenters. The van der Waals surface area contributed by atoms with Crippen LogP contribution in [0.15, 0.2) is 67.0 Å². The van der Waals surface area contributed by atoms with Crippen LogP contribution in [0.25, 0.3) is 10.9 Å². The van der Waals surface area contributed by atoms with Crippen molar-refractivity contribution in [3.05, 3.63) is 78.1 Å². The fraction of sp³-hybridized carbons (Fsp3) is 0.320. The number of nitrogens with one attached hydrogen (secondary N) is 1. The van der Waals surface area contributed by atoms with E-state index in [2.05, 4.69) is 34.4 Å². The standard InChI is InChI=1S/C25H30N2O4/c1-3-23(25(28)29)31-24-12-11-20(18-19(24)2)8-6-7-14-26-30-17-16-27-15-13-21-9-4-5-10-22(21)27/h4-5,7,9-15,18,23,26H,3,6,8,16-17H2,1-2H3,(H,28,29). The summed E-state index contributed by atoms with van der Waals surface area (Å²) in [5.41, 5.74) is 6.21. The first-order valence-corrected chi connectivity index (χ1v) is 10.6. The number of nitrogens with zero attached hydrogens (tertiary/aromatic N) is 1. The van der Waals surface area contributed by atoms with Gasteiger partial charge in [0, 0.05) is 24.5 Å². The van der Waals surface area contributed by atoms with Crippen molar-refractivity contribution >= 4 is 16.9 Å². The van der Waals surface area contributed by atoms with E-state index in [9.17, 15) is 4.79 Å². The van der Waals surface area contributed by atoms with Gasteiger partial charge in [0.25, 0.3) is 0 Å². The van der Waals surface area contributed by atoms with Crippen LogP contribution in [0.4, 0.5) is 0 Å². The lowest BCUT2D eigenvalue weighted by Gasteiger charge is -2.15. The maximum absolute atomic E-state index is 11.1. The molecule has 31 heavy (non-hydrogen) atoms. The molecule has 0 spiro atoms. The van der Waals surface area contributed by atoms with E-state index in [-0.39, 0.29) is 0 Å². The summed E-state index contributed by atoms with van der Waals surface area (Å²) in [5, 5.41) is 10.4. The molecule has 0 aliphatic rings. The summed E-state index contributed by atoms with van der Waals surface area (Å²) in [5.74, 6) is -0.313. The summed E-state index contributed by atoms with van der Waals surface area (Å²) in [7, 11) is 0. The summed E-state index contributed by atoms with van der Waals surface area (Å²) in [4.78, 5) is 16.6. The van der Waals surface area contributed by atoms with E-state index in [1.165, 1.54) is 16.5 Å². The fourth-order valence-electron chi connectivity index (χ4n) is 3.43. The highest BCUT2D eigenvalue weighted by Gasteiger charge is 2.17. The predicted octanol–water partition coefficient (Wildman–Crippen LogP) is 4.86. The number of carboxylic acids is 1. The zero-order valence-corrected chi connectivity index (χ0v) is 18.1. The van der Waals surface area contributed by atoms with Crippen molar-refractivity contribution in [1.82, 2.24) is 10.0 Å². The van der Waals surface area contributed by atoms with Crippen LogP contribution in [0.5, 0.6) is 5.75 Å². The Labute approximate surface area is 183 Å². The second-order valence-electron chi connectivity index (χ2n) is 7.43. The van der Waals surface area contributed by atoms with Gasteiger partial charge in [0.05, 0.1) is 6.61 Å². The molecule has 2 N–H and O–H groups in total. The molecule has 1 heterocycles. The van der Waals surface area contributed by atoms with Gasteiger partial charge in [-0.15, -0.1) is 0 Å². The Morgan fingerprint density at radius 3 is 2.84 bits per heavy atom. The number of benzene rings is 2. The summed E-state index contributed by atoms with van der Waals surface area (Å²) in [6, 6.07) is 16.3. The number of hydrogen-bond donors (Lipinski definition) is 2. The highest BCUT2D eigenvalue weighted by molar-refractivity contribution is 5.79. The average Bonchev–Trinajstić information content (AvgIpc) is 3.18. The molecule has 6 nitrogen and oxygen atoms in total. The Bertz CT molecular complexity index is 1030. The first-order chi connectivity index (χ1) is 15.1. The van der Waals surface area contributed by atoms with Crippen LogP contribution in [-0.4, -0.2) is 28.4 Å². The third-order valence-corrected chi connectivity index (χ3v) is 5.14. The third kappa shape index (κ3) is 6.36. The van der Waals surface area contributed by atoms with Crippen LogP contribution in [0, 0.1) is 6.92 Å². The zero-order valence-electron chi connectivity index (χ0n) is 18.1. The van der Waals surface area contributed by atoms with Gasteiger partial charge >= 0.3 is 5.97 Å². The second kappa shape index (κ2) is 11.2. The summed E-state index contributed by atoms with van der Waals surface area (Å²) in [6.07, 6.45) is 7.29. The number of ether oxygens (including phenoxy) is 1. The summed E-state index contributed by atoms with van der Waals surface area (Å²) < 4.78 is 7.78. The summed E-state index contributed by atoms with van der Waals surface area (Å²) >= 11 is 0. The number of allylic oxidation sites excluding steroid dienone is 1. The summed E-state index contributed by atoms with van der Waals surface area (Å²) in [6.45, 7) is 5.09. The average molecular weight is 423 g/mol. The monoisotopic (exact) mass is 422 g/mol. The largest absolute Gasteiger partial charge is 0.479 e. The Balaban J connectivity index is 1.36. The van der Waals surface area contributed by atoms with Crippen LogP contribution < -0.4 is 10.2 Å². The van der Waals surface area contributed by atoms with Crippen molar-refractivity contribution in [1.29, 1.82) is 0 Å². The molecule has 0 saturated heterocycles. The van der Waals surface area contributed by atoms with E-state index in [1.807, 2.05) is 49.5 Å². The molecule has 6 heteroatoms. The highest BCUT2D eigenvalue weighted by Crippen LogP contribution is 2.22. The zero-order chi connectivity index (χ0) is 22.1. The van der Waals surface area contributed by atoms with Crippen molar-refractivity contribution in [3.63, 3.8) is 0 Å². The van der Waals surface area contributed by atoms with E-state index < -0.39 is 12.1 Å². The van der Waals surface area contributed by atoms with E-state index in [4.69, 9.17) is 14.7 Å². The minimum Gasteiger partial charge on any atom is -0.479 e. The van der Waals surface area contributed by atoms with Gasteiger partial charge in [-0.2, -0.15) is 0 Å². The Morgan fingerprint density at radius 1 is 1.23 bits per heavy atom. The molecular weight excluding hydrogens is 392 g/mol. The Morgan fingerprint density at radius 2 is 2.06 bits per heavy atom. The smallest absolute Gasteiger partial charge is 0.344 e. The van der Waals surface area contributed by atoms with Crippen molar-refractivity contribution < 1.29 is 19.5 Å². The van der Waals surface area contributed by atoms with Gasteiger partial charge in [0.15, 0.2) is 6.10 Å². The highest BCUT2D eigenvalue weighted by atomic mass is 16.6. The molecule has 0 aliphatic heterocycles. The maximum atomic E-state index is 11.1. The molecule has 0 aliphatic carbocycles. The molecule has 164 valence electrons. The van der Waals surface area contributed by atoms with Crippen molar-refractivity contribution in [2.75, 3.05) is 6.61 Å². The van der Waals surface area contributed by atoms with E-state index in [0.717, 1.165) is 24.9 Å². The van der Waals surface area contributed by atoms with Crippen molar-refractivity contribution in [2.45, 2.75) is 45.8 Å². The number of hydroxylamine groups is 1. The van der Waals surface area contributed by atoms with Crippen LogP contribution >= 0.6 is 0 Å². The molecule has 2 aromatic carbocycles. The molecule has 1 unspecified atom stereocenters. The molecule has 0 radical (unpaired) electrons. The molecular formula is C25H30N2O4. The van der Waals surface area contributed by atoms with Crippen LogP contribution in [0.2, 0.25) is 0 Å². The predicted molar refractivity (Wildman–Crippen MR) is 122 cm³/mol. The van der Waals surface area contributed by atoms with E-state index in [1.54, 1.807) is 6.92 Å². The van der Waals surface area contributed by atoms with Crippen molar-refractivity contribution in [3.8, 4) is 5.75 Å². The maximum Gasteiger partial charge on any atom is 0.344 e. The number of carbonyl (C=O) groups is 1. The molecule has 0 saturated carbocycles. The number of aliphatic carboxylic acids is 1. The van der Waals surface area contributed by atoms with Gasteiger partial charge in [0.1, 0.15) is 5.75 Å². The normalized spacial score (nSPS) is 12.3. The minimum absolute atomic E-state index is 0.429. The molecule has 1 aromatic heterocycles. The van der Waals surface area contributed by atoms with E-state index >= 15 is 0 Å². The van der Waals surface area contributed by atoms with Gasteiger partial charge in [0.2, 0.25) is 0 Å². The second-order valence-corrected chi connectivity index (χ2v) is 7.43. The van der Waals surface area contributed by atoms with Crippen LogP contribution in [0.1, 0.15) is 30.9 Å². The van der Waals surface area contributed by atoms with E-state index in [0.29, 0.717) is 18.8 Å². The van der Waals surface area contributed by atoms with Crippen molar-refractivity contribution in [2.24, 2.45) is 0 Å². The number of para-hydroxylation sites is 1. The minimum atomic E-state index is -0.937.